The van der Waals surface area contributed by atoms with Crippen LogP contribution in [0.5, 0.6) is 11.6 Å². The number of nitrogens with zero attached hydrogens (tertiary/aromatic N) is 7. The summed E-state index contributed by atoms with van der Waals surface area (Å²) in [5, 5.41) is 17.9. The fraction of sp³-hybridized carbons (Fsp3) is 0.697. The van der Waals surface area contributed by atoms with Crippen LogP contribution in [0.1, 0.15) is 64.2 Å². The third kappa shape index (κ3) is 8.27. The van der Waals surface area contributed by atoms with Crippen LogP contribution in [0, 0.1) is 17.2 Å². The number of benzene rings is 1. The molecule has 0 aliphatic carbocycles. The predicted octanol–water partition coefficient (Wildman–Crippen LogP) is 3.93. The van der Waals surface area contributed by atoms with Gasteiger partial charge in [0.1, 0.15) is 17.9 Å². The van der Waals surface area contributed by atoms with E-state index < -0.39 is 5.82 Å². The number of amides is 1. The predicted molar refractivity (Wildman–Crippen MR) is 172 cm³/mol. The summed E-state index contributed by atoms with van der Waals surface area (Å²) in [6.45, 7) is 16.1. The van der Waals surface area contributed by atoms with E-state index in [2.05, 4.69) is 50.8 Å². The Hall–Kier alpha value is -2.93. The first-order valence-corrected chi connectivity index (χ1v) is 16.3. The van der Waals surface area contributed by atoms with Gasteiger partial charge in [-0.1, -0.05) is 13.8 Å². The molecule has 1 amide bonds. The average Bonchev–Trinajstić information content (AvgIpc) is 3.44. The van der Waals surface area contributed by atoms with Gasteiger partial charge in [-0.25, -0.2) is 9.37 Å². The molecule has 1 aromatic heterocycles. The normalized spacial score (nSPS) is 17.7. The van der Waals surface area contributed by atoms with Gasteiger partial charge in [-0.3, -0.25) is 14.6 Å². The standard InChI is InChI=1S/C33H52FN7O4/c1-8-41(24(4)5)32(43)27-16-25(34)11-12-29(27)45-31-30(35-22-36-37-31)39-15-13-33(19-39)20-40(21-33)28(23(2)3)10-9-14-38(6)26(17-42)18-44-7/h11-12,16,22-24,26,28,42H,8-10,13-15,17-21H2,1-7H3/t26-,28-/m1/s1. The summed E-state index contributed by atoms with van der Waals surface area (Å²) in [5.74, 6) is 0.743. The van der Waals surface area contributed by atoms with Crippen LogP contribution < -0.4 is 9.64 Å². The van der Waals surface area contributed by atoms with E-state index in [-0.39, 0.29) is 47.2 Å². The van der Waals surface area contributed by atoms with Crippen LogP contribution in [0.4, 0.5) is 10.2 Å². The summed E-state index contributed by atoms with van der Waals surface area (Å²) in [5.41, 5.74) is 0.314. The number of aliphatic hydroxyl groups excluding tert-OH is 1. The van der Waals surface area contributed by atoms with Crippen molar-refractivity contribution in [3.63, 3.8) is 0 Å². The number of aliphatic hydroxyl groups is 1. The number of methoxy groups -OCH3 is 1. The van der Waals surface area contributed by atoms with Crippen molar-refractivity contribution >= 4 is 11.7 Å². The van der Waals surface area contributed by atoms with E-state index in [1.807, 2.05) is 20.8 Å². The van der Waals surface area contributed by atoms with Gasteiger partial charge in [0.05, 0.1) is 24.8 Å². The van der Waals surface area contributed by atoms with Gasteiger partial charge in [0, 0.05) is 57.3 Å². The number of rotatable bonds is 16. The van der Waals surface area contributed by atoms with Crippen molar-refractivity contribution in [2.75, 3.05) is 71.5 Å². The second-order valence-electron chi connectivity index (χ2n) is 13.3. The van der Waals surface area contributed by atoms with E-state index in [0.29, 0.717) is 30.9 Å². The Morgan fingerprint density at radius 2 is 1.96 bits per heavy atom. The van der Waals surface area contributed by atoms with Crippen molar-refractivity contribution in [2.45, 2.75) is 72.0 Å². The summed E-state index contributed by atoms with van der Waals surface area (Å²) in [7, 11) is 3.72. The zero-order valence-electron chi connectivity index (χ0n) is 28.1. The van der Waals surface area contributed by atoms with Crippen molar-refractivity contribution in [1.29, 1.82) is 0 Å². The van der Waals surface area contributed by atoms with Crippen LogP contribution in [-0.4, -0.2) is 126 Å². The van der Waals surface area contributed by atoms with Crippen LogP contribution >= 0.6 is 0 Å². The summed E-state index contributed by atoms with van der Waals surface area (Å²) < 4.78 is 25.7. The monoisotopic (exact) mass is 629 g/mol. The number of carbonyl (C=O) groups excluding carboxylic acids is 1. The van der Waals surface area contributed by atoms with Gasteiger partial charge in [-0.15, -0.1) is 10.2 Å². The van der Waals surface area contributed by atoms with Gasteiger partial charge in [0.2, 0.25) is 0 Å². The third-order valence-electron chi connectivity index (χ3n) is 9.43. The molecular formula is C33H52FN7O4. The van der Waals surface area contributed by atoms with E-state index in [0.717, 1.165) is 52.0 Å². The number of aromatic nitrogens is 3. The zero-order chi connectivity index (χ0) is 32.7. The summed E-state index contributed by atoms with van der Waals surface area (Å²) >= 11 is 0. The van der Waals surface area contributed by atoms with Gasteiger partial charge in [-0.05, 0) is 77.7 Å². The number of halogens is 1. The first-order chi connectivity index (χ1) is 21.5. The Morgan fingerprint density at radius 1 is 1.20 bits per heavy atom. The quantitative estimate of drug-likeness (QED) is 0.294. The summed E-state index contributed by atoms with van der Waals surface area (Å²) in [6, 6.07) is 4.43. The lowest BCUT2D eigenvalue weighted by Gasteiger charge is -2.53. The Bertz CT molecular complexity index is 1260. The van der Waals surface area contributed by atoms with E-state index in [1.165, 1.54) is 24.5 Å². The molecule has 1 aromatic carbocycles. The topological polar surface area (TPSA) is 107 Å². The van der Waals surface area contributed by atoms with E-state index in [4.69, 9.17) is 9.47 Å². The Kier molecular flexibility index (Phi) is 12.1. The maximum absolute atomic E-state index is 14.3. The van der Waals surface area contributed by atoms with Crippen LogP contribution in [0.15, 0.2) is 24.5 Å². The number of hydrogen-bond acceptors (Lipinski definition) is 10. The molecule has 45 heavy (non-hydrogen) atoms. The molecule has 3 heterocycles. The SMILES string of the molecule is CCN(C(=O)c1cc(F)ccc1Oc1nncnc1N1CCC2(C1)CN([C@H](CCCN(C)[C@H](CO)COC)C(C)C)C2)C(C)C. The van der Waals surface area contributed by atoms with E-state index in [9.17, 15) is 14.3 Å². The van der Waals surface area contributed by atoms with Gasteiger partial charge < -0.3 is 24.4 Å². The second-order valence-corrected chi connectivity index (χ2v) is 13.3. The Labute approximate surface area is 267 Å². The Morgan fingerprint density at radius 3 is 2.60 bits per heavy atom. The molecule has 0 unspecified atom stereocenters. The fourth-order valence-corrected chi connectivity index (χ4v) is 6.91. The molecule has 0 radical (unpaired) electrons. The number of likely N-dealkylation sites (tertiary alicyclic amines) is 1. The highest BCUT2D eigenvalue weighted by atomic mass is 19.1. The molecule has 250 valence electrons. The maximum atomic E-state index is 14.3. The van der Waals surface area contributed by atoms with Gasteiger partial charge in [0.15, 0.2) is 5.82 Å². The minimum atomic E-state index is -0.508. The van der Waals surface area contributed by atoms with Crippen molar-refractivity contribution in [3.05, 3.63) is 35.9 Å². The Balaban J connectivity index is 1.41. The van der Waals surface area contributed by atoms with E-state index >= 15 is 0 Å². The number of ether oxygens (including phenoxy) is 2. The summed E-state index contributed by atoms with van der Waals surface area (Å²) in [6.07, 6.45) is 4.61. The van der Waals surface area contributed by atoms with Crippen LogP contribution in [0.3, 0.4) is 0 Å². The average molecular weight is 630 g/mol. The lowest BCUT2D eigenvalue weighted by atomic mass is 9.76. The van der Waals surface area contributed by atoms with Crippen LogP contribution in [0.2, 0.25) is 0 Å². The number of carbonyl (C=O) groups is 1. The fourth-order valence-electron chi connectivity index (χ4n) is 6.91. The molecule has 1 N–H and O–H groups in total. The molecule has 2 saturated heterocycles. The van der Waals surface area contributed by atoms with Crippen LogP contribution in [-0.2, 0) is 4.74 Å². The van der Waals surface area contributed by atoms with Crippen molar-refractivity contribution < 1.29 is 23.8 Å². The van der Waals surface area contributed by atoms with Crippen molar-refractivity contribution in [1.82, 2.24) is 29.9 Å². The molecule has 1 spiro atoms. The lowest BCUT2D eigenvalue weighted by Crippen LogP contribution is -2.62. The molecule has 11 nitrogen and oxygen atoms in total. The van der Waals surface area contributed by atoms with Gasteiger partial charge >= 0.3 is 0 Å². The largest absolute Gasteiger partial charge is 0.434 e. The number of hydrogen-bond donors (Lipinski definition) is 1. The lowest BCUT2D eigenvalue weighted by molar-refractivity contribution is -0.0350. The highest BCUT2D eigenvalue weighted by molar-refractivity contribution is 5.97. The molecule has 2 aromatic rings. The minimum absolute atomic E-state index is 0.0237. The molecule has 0 saturated carbocycles. The highest BCUT2D eigenvalue weighted by Gasteiger charge is 2.50. The first kappa shape index (κ1) is 34.9. The number of likely N-dealkylation sites (N-methyl/N-ethyl adjacent to an activating group) is 1. The molecule has 2 fully saturated rings. The van der Waals surface area contributed by atoms with Gasteiger partial charge in [0.25, 0.3) is 11.8 Å². The minimum Gasteiger partial charge on any atom is -0.434 e. The molecule has 2 aliphatic heterocycles. The molecule has 0 bridgehead atoms. The third-order valence-corrected chi connectivity index (χ3v) is 9.43. The smallest absolute Gasteiger partial charge is 0.282 e. The van der Waals surface area contributed by atoms with Crippen molar-refractivity contribution in [2.24, 2.45) is 11.3 Å². The second kappa shape index (κ2) is 15.6. The highest BCUT2D eigenvalue weighted by Crippen LogP contribution is 2.44. The summed E-state index contributed by atoms with van der Waals surface area (Å²) in [4.78, 5) is 26.6. The molecule has 4 rings (SSSR count). The van der Waals surface area contributed by atoms with E-state index in [1.54, 1.807) is 12.0 Å². The van der Waals surface area contributed by atoms with Crippen LogP contribution in [0.25, 0.3) is 0 Å². The molecular weight excluding hydrogens is 577 g/mol. The molecule has 2 aliphatic rings. The first-order valence-electron chi connectivity index (χ1n) is 16.3. The van der Waals surface area contributed by atoms with Crippen molar-refractivity contribution in [3.8, 4) is 11.6 Å². The van der Waals surface area contributed by atoms with Gasteiger partial charge in [-0.2, -0.15) is 0 Å². The molecule has 12 heteroatoms. The maximum Gasteiger partial charge on any atom is 0.282 e. The zero-order valence-corrected chi connectivity index (χ0v) is 28.1. The number of anilines is 1. The molecule has 2 atom stereocenters.